The van der Waals surface area contributed by atoms with Gasteiger partial charge >= 0.3 is 0 Å². The summed E-state index contributed by atoms with van der Waals surface area (Å²) in [5.41, 5.74) is 12.6. The molecule has 2 aromatic heterocycles. The zero-order valence-electron chi connectivity index (χ0n) is 45.1. The third-order valence-electron chi connectivity index (χ3n) is 17.8. The minimum absolute atomic E-state index is 0.111. The lowest BCUT2D eigenvalue weighted by Gasteiger charge is -2.41. The first-order chi connectivity index (χ1) is 39.0. The van der Waals surface area contributed by atoms with Crippen LogP contribution in [0.15, 0.2) is 116 Å². The summed E-state index contributed by atoms with van der Waals surface area (Å²) in [7, 11) is -9.04. The van der Waals surface area contributed by atoms with Crippen molar-refractivity contribution in [1.82, 2.24) is 38.8 Å². The molecular weight excluding hydrogens is 1230 g/mol. The Bertz CT molecular complexity index is 3290. The number of alkyl halides is 4. The van der Waals surface area contributed by atoms with Gasteiger partial charge in [-0.15, -0.1) is 0 Å². The Labute approximate surface area is 491 Å². The number of nitrogens with zero attached hydrogens (tertiary/aromatic N) is 6. The van der Waals surface area contributed by atoms with Gasteiger partial charge in [-0.25, -0.2) is 16.8 Å². The highest BCUT2D eigenvalue weighted by atomic mass is 79.9. The number of carbonyl (C=O) groups is 2. The molecular formula is C58H68Br2F4N10O6S2. The number of amides is 2. The molecule has 4 unspecified atom stereocenters. The smallest absolute Gasteiger partial charge is 0.298 e. The number of rotatable bonds is 16. The molecule has 0 spiro atoms. The number of piperidine rings is 2. The summed E-state index contributed by atoms with van der Waals surface area (Å²) in [5.74, 6) is -8.40. The fraction of sp³-hybridized carbons (Fsp3) is 0.517. The Kier molecular flexibility index (Phi) is 16.9. The highest BCUT2D eigenvalue weighted by Gasteiger charge is 2.55. The summed E-state index contributed by atoms with van der Waals surface area (Å²) in [6.45, 7) is 1.51. The average molecular weight is 1300 g/mol. The van der Waals surface area contributed by atoms with Gasteiger partial charge < -0.3 is 21.3 Å². The van der Waals surface area contributed by atoms with Crippen molar-refractivity contribution in [2.45, 2.75) is 186 Å². The van der Waals surface area contributed by atoms with Crippen LogP contribution in [0.25, 0.3) is 21.8 Å². The summed E-state index contributed by atoms with van der Waals surface area (Å²) in [5, 5.41) is 10.3. The average Bonchev–Trinajstić information content (AvgIpc) is 4.44. The third kappa shape index (κ3) is 12.3. The van der Waals surface area contributed by atoms with Gasteiger partial charge in [-0.05, 0) is 150 Å². The van der Waals surface area contributed by atoms with Crippen LogP contribution >= 0.6 is 31.9 Å². The van der Waals surface area contributed by atoms with E-state index in [9.17, 15) is 26.4 Å². The van der Waals surface area contributed by atoms with Crippen LogP contribution in [-0.4, -0.2) is 106 Å². The molecule has 0 radical (unpaired) electrons. The van der Waals surface area contributed by atoms with Crippen molar-refractivity contribution in [3.05, 3.63) is 117 Å². The van der Waals surface area contributed by atoms with E-state index in [0.29, 0.717) is 94.0 Å². The molecule has 4 bridgehead atoms. The molecule has 6 heterocycles. The third-order valence-corrected chi connectivity index (χ3v) is 21.7. The predicted molar refractivity (Wildman–Crippen MR) is 309 cm³/mol. The van der Waals surface area contributed by atoms with Gasteiger partial charge in [0.15, 0.2) is 12.1 Å². The summed E-state index contributed by atoms with van der Waals surface area (Å²) in [6.07, 6.45) is 17.7. The molecule has 2 amide bonds. The maximum Gasteiger partial charge on any atom is 0.298 e. The fourth-order valence-electron chi connectivity index (χ4n) is 13.7. The van der Waals surface area contributed by atoms with E-state index in [1.54, 1.807) is 24.5 Å². The second-order valence-corrected chi connectivity index (χ2v) is 28.8. The lowest BCUT2D eigenvalue weighted by Crippen LogP contribution is -2.60. The van der Waals surface area contributed by atoms with Crippen LogP contribution in [-0.2, 0) is 54.6 Å². The van der Waals surface area contributed by atoms with Gasteiger partial charge in [0.2, 0.25) is 31.9 Å². The highest BCUT2D eigenvalue weighted by Crippen LogP contribution is 2.43. The van der Waals surface area contributed by atoms with E-state index in [1.807, 2.05) is 9.36 Å². The van der Waals surface area contributed by atoms with Crippen molar-refractivity contribution in [3.63, 3.8) is 0 Å². The number of sulfonamides is 2. The summed E-state index contributed by atoms with van der Waals surface area (Å²) in [4.78, 5) is 30.3. The first-order valence-corrected chi connectivity index (χ1v) is 33.0. The van der Waals surface area contributed by atoms with Crippen LogP contribution < -0.4 is 20.9 Å². The quantitative estimate of drug-likeness (QED) is 0.0672. The molecule has 6 fully saturated rings. The van der Waals surface area contributed by atoms with Gasteiger partial charge in [0.05, 0.1) is 20.8 Å². The number of halogens is 6. The molecule has 12 rings (SSSR count). The number of aromatic nitrogens is 4. The molecule has 24 heteroatoms. The number of benzene rings is 4. The van der Waals surface area contributed by atoms with Gasteiger partial charge in [-0.2, -0.15) is 37.2 Å². The minimum Gasteiger partial charge on any atom is -0.335 e. The van der Waals surface area contributed by atoms with Crippen molar-refractivity contribution < 1.29 is 44.0 Å². The van der Waals surface area contributed by atoms with Crippen molar-refractivity contribution >= 4 is 85.5 Å². The summed E-state index contributed by atoms with van der Waals surface area (Å²) < 4.78 is 128. The van der Waals surface area contributed by atoms with Gasteiger partial charge in [0.1, 0.15) is 0 Å². The van der Waals surface area contributed by atoms with Crippen molar-refractivity contribution in [2.24, 2.45) is 23.3 Å². The molecule has 4 aliphatic heterocycles. The Morgan fingerprint density at radius 1 is 0.537 bits per heavy atom. The monoisotopic (exact) mass is 1300 g/mol. The van der Waals surface area contributed by atoms with Crippen molar-refractivity contribution in [2.75, 3.05) is 0 Å². The van der Waals surface area contributed by atoms with Gasteiger partial charge in [-0.3, -0.25) is 19.0 Å². The zero-order valence-corrected chi connectivity index (χ0v) is 49.9. The predicted octanol–water partition coefficient (Wildman–Crippen LogP) is 9.82. The first-order valence-electron chi connectivity index (χ1n) is 28.4. The zero-order chi connectivity index (χ0) is 57.9. The number of hydrogen-bond donors (Lipinski definition) is 4. The van der Waals surface area contributed by atoms with Crippen LogP contribution in [0, 0.1) is 11.8 Å². The van der Waals surface area contributed by atoms with Crippen LogP contribution in [0.2, 0.25) is 0 Å². The maximum absolute atomic E-state index is 16.2. The minimum atomic E-state index is -4.52. The van der Waals surface area contributed by atoms with E-state index in [1.165, 1.54) is 108 Å². The van der Waals surface area contributed by atoms with Crippen LogP contribution in [0.3, 0.4) is 0 Å². The number of hydrogen-bond acceptors (Lipinski definition) is 10. The molecule has 6 N–H and O–H groups in total. The molecule has 16 nitrogen and oxygen atoms in total. The Morgan fingerprint density at radius 2 is 0.866 bits per heavy atom. The van der Waals surface area contributed by atoms with E-state index in [0.717, 1.165) is 38.8 Å². The second kappa shape index (κ2) is 23.6. The maximum atomic E-state index is 16.2. The molecule has 4 aromatic carbocycles. The topological polar surface area (TPSA) is 221 Å². The summed E-state index contributed by atoms with van der Waals surface area (Å²) in [6, 6.07) is 13.3. The molecule has 6 aliphatic rings. The van der Waals surface area contributed by atoms with Gasteiger partial charge in [0, 0.05) is 92.6 Å². The molecule has 6 atom stereocenters. The largest absolute Gasteiger partial charge is 0.335 e. The Hall–Kier alpha value is -4.82. The Morgan fingerprint density at radius 3 is 1.20 bits per heavy atom. The lowest BCUT2D eigenvalue weighted by atomic mass is 9.95. The number of nitrogens with two attached hydrogens (primary N) is 2. The van der Waals surface area contributed by atoms with Crippen LogP contribution in [0.5, 0.6) is 0 Å². The number of nitrogens with one attached hydrogen (secondary N) is 2. The van der Waals surface area contributed by atoms with Gasteiger partial charge in [-0.1, -0.05) is 81.8 Å². The van der Waals surface area contributed by atoms with Crippen LogP contribution in [0.1, 0.15) is 114 Å². The molecule has 440 valence electrons. The van der Waals surface area contributed by atoms with Crippen molar-refractivity contribution in [3.8, 4) is 0 Å². The van der Waals surface area contributed by atoms with E-state index in [4.69, 9.17) is 11.5 Å². The molecule has 2 aliphatic carbocycles. The van der Waals surface area contributed by atoms with E-state index < -0.39 is 66.9 Å². The second-order valence-electron chi connectivity index (χ2n) is 23.5. The van der Waals surface area contributed by atoms with E-state index in [-0.39, 0.29) is 46.0 Å². The van der Waals surface area contributed by atoms with Crippen LogP contribution in [0.4, 0.5) is 17.6 Å². The molecule has 2 saturated carbocycles. The normalized spacial score (nSPS) is 24.3. The van der Waals surface area contributed by atoms with Gasteiger partial charge in [0.25, 0.3) is 11.8 Å². The molecule has 82 heavy (non-hydrogen) atoms. The number of fused-ring (bicyclic) bond motifs is 6. The van der Waals surface area contributed by atoms with Crippen molar-refractivity contribution in [1.29, 1.82) is 0 Å². The SMILES string of the molecule is NC1CC2CCC(C1)N2C(=O)[C@@H](NS(=O)(=O)c1ccc2nn(CC3CCCC3)cc2c1)C(F)(F)c1ccc(Br)cc1.NC1CC2CCC(C1)N2C(=O)[C@H](NS(=O)(=O)c1ccc2nn(CC3CCCC3)cc2c1)C(F)(F)c1ccc(Br)cc1. The molecule has 4 saturated heterocycles. The van der Waals surface area contributed by atoms with E-state index >= 15 is 17.6 Å². The standard InChI is InChI=1S/2C29H34BrF2N5O3S/c2*30-21-7-5-20(6-8-21)29(31,32)27(28(38)37-23-9-10-24(37)15-22(33)14-23)35-41(39,40)25-11-12-26-19(13-25)17-36(34-26)16-18-3-1-2-4-18/h2*5-8,11-13,17-18,22-24,27,35H,1-4,9-10,14-16,33H2/t2*22?,23?,24?,27-/m10/s1. The highest BCUT2D eigenvalue weighted by molar-refractivity contribution is 9.10. The Balaban J connectivity index is 0.000000172. The summed E-state index contributed by atoms with van der Waals surface area (Å²) >= 11 is 6.49. The van der Waals surface area contributed by atoms with E-state index in [2.05, 4.69) is 51.5 Å². The molecule has 6 aromatic rings. The fourth-order valence-corrected chi connectivity index (χ4v) is 16.7. The number of carbonyl (C=O) groups excluding carboxylic acids is 2. The lowest BCUT2D eigenvalue weighted by molar-refractivity contribution is -0.150. The first kappa shape index (κ1) is 58.9.